The lowest BCUT2D eigenvalue weighted by Crippen LogP contribution is -2.18. The third-order valence-corrected chi connectivity index (χ3v) is 1.95. The third-order valence-electron chi connectivity index (χ3n) is 0.996. The van der Waals surface area contributed by atoms with Gasteiger partial charge in [0.25, 0.3) is 0 Å². The quantitative estimate of drug-likeness (QED) is 0.394. The number of phosphoric ester groups is 1. The van der Waals surface area contributed by atoms with E-state index in [-0.39, 0.29) is 6.61 Å². The highest BCUT2D eigenvalue weighted by atomic mass is 31.2. The first-order valence-corrected chi connectivity index (χ1v) is 5.03. The second kappa shape index (κ2) is 6.26. The molecule has 3 N–H and O–H groups in total. The number of phosphoric acid groups is 1. The summed E-state index contributed by atoms with van der Waals surface area (Å²) >= 11 is 0. The van der Waals surface area contributed by atoms with Crippen LogP contribution >= 0.6 is 7.82 Å². The van der Waals surface area contributed by atoms with Gasteiger partial charge in [-0.2, -0.15) is 0 Å². The van der Waals surface area contributed by atoms with Gasteiger partial charge in [0.05, 0.1) is 19.8 Å². The Bertz CT molecular complexity index is 194. The van der Waals surface area contributed by atoms with Gasteiger partial charge in [-0.25, -0.2) is 4.57 Å². The van der Waals surface area contributed by atoms with Crippen molar-refractivity contribution in [1.29, 1.82) is 0 Å². The Morgan fingerprint density at radius 1 is 1.54 bits per heavy atom. The molecule has 0 bridgehead atoms. The van der Waals surface area contributed by atoms with Gasteiger partial charge in [-0.1, -0.05) is 6.08 Å². The molecular weight excluding hydrogens is 199 g/mol. The molecule has 0 aromatic rings. The number of rotatable bonds is 7. The average Bonchev–Trinajstić information content (AvgIpc) is 2.11. The van der Waals surface area contributed by atoms with Gasteiger partial charge in [-0.15, -0.1) is 6.58 Å². The van der Waals surface area contributed by atoms with Gasteiger partial charge in [-0.05, 0) is 0 Å². The first-order chi connectivity index (χ1) is 6.02. The average molecular weight is 212 g/mol. The summed E-state index contributed by atoms with van der Waals surface area (Å²) < 4.78 is 19.5. The number of hydrogen-bond acceptors (Lipinski definition) is 5. The van der Waals surface area contributed by atoms with Crippen molar-refractivity contribution >= 4 is 7.82 Å². The monoisotopic (exact) mass is 212 g/mol. The molecule has 7 heteroatoms. The number of hydrogen-bond donors (Lipinski definition) is 3. The molecule has 0 spiro atoms. The fraction of sp³-hybridized carbons (Fsp3) is 0.667. The summed E-state index contributed by atoms with van der Waals surface area (Å²) in [5.41, 5.74) is 0. The minimum Gasteiger partial charge on any atom is -0.394 e. The summed E-state index contributed by atoms with van der Waals surface area (Å²) in [6.07, 6.45) is 0.0992. The van der Waals surface area contributed by atoms with Crippen LogP contribution < -0.4 is 0 Å². The van der Waals surface area contributed by atoms with Crippen LogP contribution in [0, 0.1) is 0 Å². The molecule has 0 fully saturated rings. The molecule has 0 radical (unpaired) electrons. The summed E-state index contributed by atoms with van der Waals surface area (Å²) in [6, 6.07) is 0. The molecule has 0 rings (SSSR count). The molecule has 0 aliphatic heterocycles. The van der Waals surface area contributed by atoms with Crippen molar-refractivity contribution in [3.8, 4) is 0 Å². The van der Waals surface area contributed by atoms with E-state index in [1.165, 1.54) is 6.08 Å². The largest absolute Gasteiger partial charge is 0.472 e. The maximum atomic E-state index is 10.9. The second-order valence-electron chi connectivity index (χ2n) is 2.19. The maximum absolute atomic E-state index is 10.9. The van der Waals surface area contributed by atoms with Gasteiger partial charge >= 0.3 is 7.82 Å². The molecule has 0 amide bonds. The summed E-state index contributed by atoms with van der Waals surface area (Å²) in [6.45, 7) is 2.15. The molecule has 0 aliphatic rings. The van der Waals surface area contributed by atoms with E-state index in [1.54, 1.807) is 0 Å². The predicted octanol–water partition coefficient (Wildman–Crippen LogP) is -0.341. The molecule has 0 aromatic heterocycles. The molecule has 0 heterocycles. The smallest absolute Gasteiger partial charge is 0.394 e. The zero-order valence-corrected chi connectivity index (χ0v) is 7.89. The van der Waals surface area contributed by atoms with Crippen molar-refractivity contribution in [1.82, 2.24) is 0 Å². The topological polar surface area (TPSA) is 96.2 Å². The van der Waals surface area contributed by atoms with Crippen molar-refractivity contribution in [3.05, 3.63) is 12.7 Å². The first kappa shape index (κ1) is 12.8. The zero-order valence-electron chi connectivity index (χ0n) is 7.00. The van der Waals surface area contributed by atoms with Crippen LogP contribution in [-0.4, -0.2) is 41.0 Å². The van der Waals surface area contributed by atoms with E-state index in [9.17, 15) is 4.57 Å². The van der Waals surface area contributed by atoms with Crippen LogP contribution in [0.2, 0.25) is 0 Å². The summed E-state index contributed by atoms with van der Waals surface area (Å²) in [5, 5.41) is 17.1. The van der Waals surface area contributed by atoms with Crippen molar-refractivity contribution in [2.24, 2.45) is 0 Å². The summed E-state index contributed by atoms with van der Waals surface area (Å²) in [4.78, 5) is 8.86. The third kappa shape index (κ3) is 6.89. The van der Waals surface area contributed by atoms with Gasteiger partial charge in [0, 0.05) is 0 Å². The highest BCUT2D eigenvalue weighted by molar-refractivity contribution is 7.47. The van der Waals surface area contributed by atoms with Crippen LogP contribution in [0.4, 0.5) is 0 Å². The minimum absolute atomic E-state index is 0.122. The summed E-state index contributed by atoms with van der Waals surface area (Å²) in [5.74, 6) is 0. The Labute approximate surface area is 76.0 Å². The molecule has 0 saturated heterocycles. The fourth-order valence-corrected chi connectivity index (χ4v) is 1.15. The van der Waals surface area contributed by atoms with Gasteiger partial charge < -0.3 is 15.1 Å². The molecule has 2 atom stereocenters. The molecular formula is C6H13O6P. The van der Waals surface area contributed by atoms with E-state index in [0.29, 0.717) is 0 Å². The van der Waals surface area contributed by atoms with Gasteiger partial charge in [0.15, 0.2) is 0 Å². The Balaban J connectivity index is 3.74. The molecule has 0 aromatic carbocycles. The molecule has 2 unspecified atom stereocenters. The Kier molecular flexibility index (Phi) is 6.15. The second-order valence-corrected chi connectivity index (χ2v) is 3.64. The Hall–Kier alpha value is -0.230. The zero-order chi connectivity index (χ0) is 10.3. The van der Waals surface area contributed by atoms with Crippen LogP contribution in [0.25, 0.3) is 0 Å². The summed E-state index contributed by atoms with van der Waals surface area (Å²) in [7, 11) is -4.12. The lowest BCUT2D eigenvalue weighted by molar-refractivity contribution is 0.0377. The van der Waals surface area contributed by atoms with Crippen molar-refractivity contribution in [2.45, 2.75) is 6.10 Å². The molecule has 13 heavy (non-hydrogen) atoms. The Morgan fingerprint density at radius 2 is 2.15 bits per heavy atom. The van der Waals surface area contributed by atoms with E-state index >= 15 is 0 Å². The van der Waals surface area contributed by atoms with Crippen molar-refractivity contribution in [2.75, 3.05) is 19.8 Å². The molecule has 0 aliphatic carbocycles. The normalized spacial score (nSPS) is 17.8. The number of aliphatic hydroxyl groups is 2. The number of aliphatic hydroxyl groups excluding tert-OH is 2. The van der Waals surface area contributed by atoms with Gasteiger partial charge in [-0.3, -0.25) is 9.05 Å². The van der Waals surface area contributed by atoms with E-state index in [4.69, 9.17) is 15.1 Å². The molecule has 6 nitrogen and oxygen atoms in total. The first-order valence-electron chi connectivity index (χ1n) is 3.53. The van der Waals surface area contributed by atoms with Gasteiger partial charge in [0.2, 0.25) is 0 Å². The van der Waals surface area contributed by atoms with E-state index in [2.05, 4.69) is 15.6 Å². The SMILES string of the molecule is C=CCOP(=O)(O)OCC(O)CO. The van der Waals surface area contributed by atoms with Crippen LogP contribution in [0.1, 0.15) is 0 Å². The predicted molar refractivity (Wildman–Crippen MR) is 45.0 cm³/mol. The maximum Gasteiger partial charge on any atom is 0.472 e. The lowest BCUT2D eigenvalue weighted by Gasteiger charge is -2.12. The highest BCUT2D eigenvalue weighted by Gasteiger charge is 2.21. The van der Waals surface area contributed by atoms with Crippen LogP contribution in [0.3, 0.4) is 0 Å². The minimum atomic E-state index is -4.12. The molecule has 0 saturated carbocycles. The van der Waals surface area contributed by atoms with Crippen molar-refractivity contribution < 1.29 is 28.7 Å². The molecule has 78 valence electrons. The Morgan fingerprint density at radius 3 is 2.62 bits per heavy atom. The van der Waals surface area contributed by atoms with Gasteiger partial charge in [0.1, 0.15) is 6.10 Å². The lowest BCUT2D eigenvalue weighted by atomic mass is 10.4. The fourth-order valence-electron chi connectivity index (χ4n) is 0.417. The van der Waals surface area contributed by atoms with Crippen LogP contribution in [0.5, 0.6) is 0 Å². The van der Waals surface area contributed by atoms with E-state index < -0.39 is 27.1 Å². The van der Waals surface area contributed by atoms with Crippen molar-refractivity contribution in [3.63, 3.8) is 0 Å². The van der Waals surface area contributed by atoms with E-state index in [1.807, 2.05) is 0 Å². The van der Waals surface area contributed by atoms with E-state index in [0.717, 1.165) is 0 Å². The highest BCUT2D eigenvalue weighted by Crippen LogP contribution is 2.42. The standard InChI is InChI=1S/C6H13O6P/c1-2-3-11-13(9,10)12-5-6(8)4-7/h2,6-8H,1,3-5H2,(H,9,10). The van der Waals surface area contributed by atoms with Crippen LogP contribution in [0.15, 0.2) is 12.7 Å². The van der Waals surface area contributed by atoms with Crippen LogP contribution in [-0.2, 0) is 13.6 Å².